The molecule has 0 aromatic rings. The van der Waals surface area contributed by atoms with Crippen LogP contribution in [-0.4, -0.2) is 22.5 Å². The predicted octanol–water partition coefficient (Wildman–Crippen LogP) is 2.47. The van der Waals surface area contributed by atoms with E-state index in [0.29, 0.717) is 12.8 Å². The SMILES string of the molecule is CC1(NC(=O)CC2(C(=O)O)CCC2)CCCCC1. The van der Waals surface area contributed by atoms with Crippen LogP contribution in [0.15, 0.2) is 0 Å². The van der Waals surface area contributed by atoms with Gasteiger partial charge < -0.3 is 10.4 Å². The zero-order valence-corrected chi connectivity index (χ0v) is 11.1. The molecule has 0 unspecified atom stereocenters. The molecule has 2 aliphatic carbocycles. The maximum Gasteiger partial charge on any atom is 0.310 e. The van der Waals surface area contributed by atoms with Gasteiger partial charge in [0.1, 0.15) is 0 Å². The minimum atomic E-state index is -0.808. The molecule has 2 saturated carbocycles. The summed E-state index contributed by atoms with van der Waals surface area (Å²) < 4.78 is 0. The van der Waals surface area contributed by atoms with Crippen LogP contribution in [0.25, 0.3) is 0 Å². The van der Waals surface area contributed by atoms with Crippen molar-refractivity contribution in [3.63, 3.8) is 0 Å². The van der Waals surface area contributed by atoms with Crippen molar-refractivity contribution in [2.24, 2.45) is 5.41 Å². The number of rotatable bonds is 4. The Morgan fingerprint density at radius 1 is 1.06 bits per heavy atom. The van der Waals surface area contributed by atoms with Gasteiger partial charge in [0.15, 0.2) is 0 Å². The number of amides is 1. The second-order valence-electron chi connectivity index (χ2n) is 6.29. The average Bonchev–Trinajstić information content (AvgIpc) is 2.23. The summed E-state index contributed by atoms with van der Waals surface area (Å²) in [7, 11) is 0. The quantitative estimate of drug-likeness (QED) is 0.808. The van der Waals surface area contributed by atoms with E-state index in [4.69, 9.17) is 0 Å². The van der Waals surface area contributed by atoms with Gasteiger partial charge in [0.2, 0.25) is 5.91 Å². The van der Waals surface area contributed by atoms with Crippen LogP contribution in [0.3, 0.4) is 0 Å². The first-order chi connectivity index (χ1) is 8.46. The summed E-state index contributed by atoms with van der Waals surface area (Å²) >= 11 is 0. The highest BCUT2D eigenvalue weighted by atomic mass is 16.4. The van der Waals surface area contributed by atoms with E-state index in [2.05, 4.69) is 12.2 Å². The van der Waals surface area contributed by atoms with E-state index in [1.807, 2.05) is 0 Å². The number of hydrogen-bond donors (Lipinski definition) is 2. The smallest absolute Gasteiger partial charge is 0.310 e. The predicted molar refractivity (Wildman–Crippen MR) is 68.2 cm³/mol. The number of aliphatic carboxylic acids is 1. The number of nitrogens with one attached hydrogen (secondary N) is 1. The van der Waals surface area contributed by atoms with Crippen molar-refractivity contribution >= 4 is 11.9 Å². The fourth-order valence-corrected chi connectivity index (χ4v) is 3.22. The maximum atomic E-state index is 12.1. The molecule has 4 heteroatoms. The number of carbonyl (C=O) groups excluding carboxylic acids is 1. The molecule has 0 saturated heterocycles. The molecule has 0 bridgehead atoms. The molecule has 0 spiro atoms. The fourth-order valence-electron chi connectivity index (χ4n) is 3.22. The van der Waals surface area contributed by atoms with Crippen LogP contribution in [-0.2, 0) is 9.59 Å². The minimum absolute atomic E-state index is 0.0819. The number of carboxylic acid groups (broad SMARTS) is 1. The molecule has 2 rings (SSSR count). The maximum absolute atomic E-state index is 12.1. The van der Waals surface area contributed by atoms with Crippen LogP contribution < -0.4 is 5.32 Å². The molecule has 4 nitrogen and oxygen atoms in total. The Bertz CT molecular complexity index is 341. The summed E-state index contributed by atoms with van der Waals surface area (Å²) in [5.74, 6) is -0.890. The lowest BCUT2D eigenvalue weighted by molar-refractivity contribution is -0.158. The largest absolute Gasteiger partial charge is 0.481 e. The third kappa shape index (κ3) is 2.68. The van der Waals surface area contributed by atoms with Gasteiger partial charge in [0.25, 0.3) is 0 Å². The normalized spacial score (nSPS) is 24.9. The molecule has 0 radical (unpaired) electrons. The lowest BCUT2D eigenvalue weighted by Crippen LogP contribution is -2.50. The first kappa shape index (κ1) is 13.4. The van der Waals surface area contributed by atoms with Crippen LogP contribution in [0.2, 0.25) is 0 Å². The molecule has 0 heterocycles. The van der Waals surface area contributed by atoms with Crippen LogP contribution in [0.5, 0.6) is 0 Å². The van der Waals surface area contributed by atoms with Crippen molar-refractivity contribution in [1.29, 1.82) is 0 Å². The number of carboxylic acids is 1. The third-order valence-electron chi connectivity index (χ3n) is 4.66. The molecule has 0 atom stereocenters. The lowest BCUT2D eigenvalue weighted by atomic mass is 9.66. The Morgan fingerprint density at radius 3 is 2.11 bits per heavy atom. The van der Waals surface area contributed by atoms with Crippen LogP contribution in [0.1, 0.15) is 64.7 Å². The van der Waals surface area contributed by atoms with Gasteiger partial charge >= 0.3 is 5.97 Å². The van der Waals surface area contributed by atoms with E-state index in [0.717, 1.165) is 32.1 Å². The summed E-state index contributed by atoms with van der Waals surface area (Å²) in [6.45, 7) is 2.08. The van der Waals surface area contributed by atoms with E-state index < -0.39 is 11.4 Å². The Hall–Kier alpha value is -1.06. The molecule has 18 heavy (non-hydrogen) atoms. The Labute approximate surface area is 108 Å². The molecular weight excluding hydrogens is 230 g/mol. The van der Waals surface area contributed by atoms with Crippen molar-refractivity contribution in [3.8, 4) is 0 Å². The number of carbonyl (C=O) groups is 2. The van der Waals surface area contributed by atoms with Crippen molar-refractivity contribution < 1.29 is 14.7 Å². The summed E-state index contributed by atoms with van der Waals surface area (Å²) in [6, 6.07) is 0. The second kappa shape index (κ2) is 4.90. The highest BCUT2D eigenvalue weighted by molar-refractivity contribution is 5.86. The van der Waals surface area contributed by atoms with Gasteiger partial charge in [-0.1, -0.05) is 25.7 Å². The van der Waals surface area contributed by atoms with Crippen molar-refractivity contribution in [2.45, 2.75) is 70.3 Å². The van der Waals surface area contributed by atoms with Crippen LogP contribution in [0, 0.1) is 5.41 Å². The lowest BCUT2D eigenvalue weighted by Gasteiger charge is -2.39. The highest BCUT2D eigenvalue weighted by Crippen LogP contribution is 2.44. The summed E-state index contributed by atoms with van der Waals surface area (Å²) in [5.41, 5.74) is -0.881. The van der Waals surface area contributed by atoms with E-state index in [-0.39, 0.29) is 17.9 Å². The average molecular weight is 253 g/mol. The van der Waals surface area contributed by atoms with Gasteiger partial charge in [-0.25, -0.2) is 0 Å². The van der Waals surface area contributed by atoms with Gasteiger partial charge in [-0.15, -0.1) is 0 Å². The van der Waals surface area contributed by atoms with Gasteiger partial charge in [0, 0.05) is 12.0 Å². The third-order valence-corrected chi connectivity index (χ3v) is 4.66. The summed E-state index contributed by atoms with van der Waals surface area (Å²) in [5, 5.41) is 12.3. The Morgan fingerprint density at radius 2 is 1.67 bits per heavy atom. The van der Waals surface area contributed by atoms with E-state index >= 15 is 0 Å². The Balaban J connectivity index is 1.90. The van der Waals surface area contributed by atoms with Crippen molar-refractivity contribution in [1.82, 2.24) is 5.32 Å². The molecule has 1 amide bonds. The van der Waals surface area contributed by atoms with E-state index in [1.54, 1.807) is 0 Å². The zero-order valence-electron chi connectivity index (χ0n) is 11.1. The molecule has 2 fully saturated rings. The molecule has 102 valence electrons. The van der Waals surface area contributed by atoms with Gasteiger partial charge in [-0.05, 0) is 32.6 Å². The molecule has 0 aromatic heterocycles. The highest BCUT2D eigenvalue weighted by Gasteiger charge is 2.46. The first-order valence-corrected chi connectivity index (χ1v) is 7.00. The van der Waals surface area contributed by atoms with E-state index in [9.17, 15) is 14.7 Å². The monoisotopic (exact) mass is 253 g/mol. The Kier molecular flexibility index (Phi) is 3.64. The standard InChI is InChI=1S/C14H23NO3/c1-13(6-3-2-4-7-13)15-11(16)10-14(12(17)18)8-5-9-14/h2-10H2,1H3,(H,15,16)(H,17,18). The molecule has 2 N–H and O–H groups in total. The minimum Gasteiger partial charge on any atom is -0.481 e. The topological polar surface area (TPSA) is 66.4 Å². The van der Waals surface area contributed by atoms with Crippen LogP contribution >= 0.6 is 0 Å². The van der Waals surface area contributed by atoms with Gasteiger partial charge in [-0.3, -0.25) is 9.59 Å². The van der Waals surface area contributed by atoms with Crippen molar-refractivity contribution in [3.05, 3.63) is 0 Å². The molecular formula is C14H23NO3. The van der Waals surface area contributed by atoms with Gasteiger partial charge in [-0.2, -0.15) is 0 Å². The zero-order chi connectivity index (χ0) is 13.2. The number of hydrogen-bond acceptors (Lipinski definition) is 2. The van der Waals surface area contributed by atoms with Gasteiger partial charge in [0.05, 0.1) is 5.41 Å². The summed E-state index contributed by atoms with van der Waals surface area (Å²) in [4.78, 5) is 23.3. The fraction of sp³-hybridized carbons (Fsp3) is 0.857. The molecule has 0 aromatic carbocycles. The van der Waals surface area contributed by atoms with Crippen LogP contribution in [0.4, 0.5) is 0 Å². The molecule has 2 aliphatic rings. The van der Waals surface area contributed by atoms with Crippen molar-refractivity contribution in [2.75, 3.05) is 0 Å². The second-order valence-corrected chi connectivity index (χ2v) is 6.29. The van der Waals surface area contributed by atoms with E-state index in [1.165, 1.54) is 6.42 Å². The molecule has 0 aliphatic heterocycles. The summed E-state index contributed by atoms with van der Waals surface area (Å²) in [6.07, 6.45) is 7.94. The first-order valence-electron chi connectivity index (χ1n) is 7.00.